The van der Waals surface area contributed by atoms with Crippen LogP contribution in [0.25, 0.3) is 5.65 Å². The van der Waals surface area contributed by atoms with E-state index in [1.807, 2.05) is 0 Å². The van der Waals surface area contributed by atoms with Crippen molar-refractivity contribution >= 4 is 11.5 Å². The highest BCUT2D eigenvalue weighted by atomic mass is 15.5. The molecule has 17 heavy (non-hydrogen) atoms. The molecule has 1 aliphatic rings. The quantitative estimate of drug-likeness (QED) is 0.778. The predicted molar refractivity (Wildman–Crippen MR) is 62.7 cm³/mol. The van der Waals surface area contributed by atoms with E-state index in [1.165, 1.54) is 12.8 Å². The number of aromatic nitrogens is 5. The molecule has 0 aromatic carbocycles. The highest BCUT2D eigenvalue weighted by Crippen LogP contribution is 2.10. The van der Waals surface area contributed by atoms with E-state index >= 15 is 0 Å². The maximum atomic E-state index is 4.09. The van der Waals surface area contributed by atoms with E-state index < -0.39 is 0 Å². The maximum Gasteiger partial charge on any atom is 0.199 e. The Labute approximate surface area is 98.6 Å². The van der Waals surface area contributed by atoms with E-state index in [4.69, 9.17) is 0 Å². The monoisotopic (exact) mass is 233 g/mol. The Balaban J connectivity index is 1.62. The lowest BCUT2D eigenvalue weighted by Gasteiger charge is -2.11. The van der Waals surface area contributed by atoms with Crippen molar-refractivity contribution in [2.75, 3.05) is 18.4 Å². The van der Waals surface area contributed by atoms with E-state index in [0.717, 1.165) is 25.3 Å². The zero-order valence-electron chi connectivity index (χ0n) is 9.50. The number of hydrogen-bond donors (Lipinski definition) is 2. The fourth-order valence-corrected chi connectivity index (χ4v) is 2.17. The lowest BCUT2D eigenvalue weighted by molar-refractivity contribution is 0.573. The summed E-state index contributed by atoms with van der Waals surface area (Å²) >= 11 is 0. The molecular formula is C10H15N7. The van der Waals surface area contributed by atoms with Crippen LogP contribution >= 0.6 is 0 Å². The summed E-state index contributed by atoms with van der Waals surface area (Å²) in [5.74, 6) is 0.838. The van der Waals surface area contributed by atoms with Crippen LogP contribution in [-0.4, -0.2) is 44.2 Å². The average Bonchev–Trinajstić information content (AvgIpc) is 2.99. The molecule has 3 rings (SSSR count). The Morgan fingerprint density at radius 1 is 1.47 bits per heavy atom. The second-order valence-electron chi connectivity index (χ2n) is 4.25. The first-order valence-corrected chi connectivity index (χ1v) is 5.93. The van der Waals surface area contributed by atoms with Crippen LogP contribution in [0.1, 0.15) is 19.3 Å². The molecule has 1 fully saturated rings. The summed E-state index contributed by atoms with van der Waals surface area (Å²) in [4.78, 5) is 4.09. The molecular weight excluding hydrogens is 218 g/mol. The van der Waals surface area contributed by atoms with Crippen LogP contribution in [0.5, 0.6) is 0 Å². The van der Waals surface area contributed by atoms with Gasteiger partial charge in [-0.3, -0.25) is 4.98 Å². The number of anilines is 1. The molecule has 2 aromatic rings. The summed E-state index contributed by atoms with van der Waals surface area (Å²) in [5, 5.41) is 18.2. The Kier molecular flexibility index (Phi) is 2.83. The average molecular weight is 233 g/mol. The van der Waals surface area contributed by atoms with Crippen LogP contribution in [0, 0.1) is 0 Å². The second kappa shape index (κ2) is 4.62. The first kappa shape index (κ1) is 10.4. The number of nitrogens with zero attached hydrogens (tertiary/aromatic N) is 5. The molecule has 0 radical (unpaired) electrons. The van der Waals surface area contributed by atoms with Crippen molar-refractivity contribution in [3.63, 3.8) is 0 Å². The molecule has 1 saturated heterocycles. The zero-order valence-corrected chi connectivity index (χ0v) is 9.50. The Morgan fingerprint density at radius 2 is 2.47 bits per heavy atom. The normalized spacial score (nSPS) is 19.9. The third-order valence-electron chi connectivity index (χ3n) is 3.07. The largest absolute Gasteiger partial charge is 0.369 e. The van der Waals surface area contributed by atoms with Crippen LogP contribution in [0.3, 0.4) is 0 Å². The first-order chi connectivity index (χ1) is 8.43. The highest BCUT2D eigenvalue weighted by molar-refractivity contribution is 5.43. The SMILES string of the molecule is c1ncc2nnnn2c1NCC[C@H]1CCCN1. The summed E-state index contributed by atoms with van der Waals surface area (Å²) < 4.78 is 1.66. The van der Waals surface area contributed by atoms with Crippen molar-refractivity contribution in [1.29, 1.82) is 0 Å². The number of rotatable bonds is 4. The fourth-order valence-electron chi connectivity index (χ4n) is 2.17. The molecule has 0 aliphatic carbocycles. The van der Waals surface area contributed by atoms with Crippen molar-refractivity contribution in [3.05, 3.63) is 12.4 Å². The number of tetrazole rings is 1. The summed E-state index contributed by atoms with van der Waals surface area (Å²) in [7, 11) is 0. The topological polar surface area (TPSA) is 80.0 Å². The highest BCUT2D eigenvalue weighted by Gasteiger charge is 2.13. The van der Waals surface area contributed by atoms with Gasteiger partial charge in [0.2, 0.25) is 0 Å². The van der Waals surface area contributed by atoms with Crippen molar-refractivity contribution in [1.82, 2.24) is 30.3 Å². The molecule has 0 amide bonds. The van der Waals surface area contributed by atoms with Crippen LogP contribution in [0.4, 0.5) is 5.82 Å². The molecule has 0 spiro atoms. The molecule has 2 aromatic heterocycles. The lowest BCUT2D eigenvalue weighted by Crippen LogP contribution is -2.24. The molecule has 0 saturated carbocycles. The molecule has 0 bridgehead atoms. The second-order valence-corrected chi connectivity index (χ2v) is 4.25. The fraction of sp³-hybridized carbons (Fsp3) is 0.600. The minimum atomic E-state index is 0.642. The number of nitrogens with one attached hydrogen (secondary N) is 2. The zero-order chi connectivity index (χ0) is 11.5. The Morgan fingerprint density at radius 3 is 3.35 bits per heavy atom. The van der Waals surface area contributed by atoms with Gasteiger partial charge < -0.3 is 10.6 Å². The van der Waals surface area contributed by atoms with Gasteiger partial charge in [-0.15, -0.1) is 5.10 Å². The van der Waals surface area contributed by atoms with Gasteiger partial charge in [0.1, 0.15) is 5.82 Å². The maximum absolute atomic E-state index is 4.09. The van der Waals surface area contributed by atoms with Gasteiger partial charge in [-0.05, 0) is 36.2 Å². The van der Waals surface area contributed by atoms with Gasteiger partial charge >= 0.3 is 0 Å². The minimum Gasteiger partial charge on any atom is -0.369 e. The van der Waals surface area contributed by atoms with Gasteiger partial charge in [0, 0.05) is 12.6 Å². The van der Waals surface area contributed by atoms with Crippen LogP contribution in [0.15, 0.2) is 12.4 Å². The first-order valence-electron chi connectivity index (χ1n) is 5.93. The van der Waals surface area contributed by atoms with E-state index in [9.17, 15) is 0 Å². The Hall–Kier alpha value is -1.76. The Bertz CT molecular complexity index is 488. The van der Waals surface area contributed by atoms with Gasteiger partial charge in [0.25, 0.3) is 0 Å². The van der Waals surface area contributed by atoms with Crippen LogP contribution < -0.4 is 10.6 Å². The van der Waals surface area contributed by atoms with Crippen LogP contribution in [-0.2, 0) is 0 Å². The van der Waals surface area contributed by atoms with E-state index in [2.05, 4.69) is 31.1 Å². The van der Waals surface area contributed by atoms with Gasteiger partial charge in [-0.1, -0.05) is 0 Å². The molecule has 0 unspecified atom stereocenters. The molecule has 2 N–H and O–H groups in total. The van der Waals surface area contributed by atoms with Gasteiger partial charge in [-0.25, -0.2) is 0 Å². The van der Waals surface area contributed by atoms with Gasteiger partial charge in [-0.2, -0.15) is 4.52 Å². The summed E-state index contributed by atoms with van der Waals surface area (Å²) in [6.07, 6.45) is 7.05. The number of fused-ring (bicyclic) bond motifs is 1. The van der Waals surface area contributed by atoms with Crippen molar-refractivity contribution in [2.45, 2.75) is 25.3 Å². The van der Waals surface area contributed by atoms with Crippen molar-refractivity contribution in [3.8, 4) is 0 Å². The third-order valence-corrected chi connectivity index (χ3v) is 3.07. The van der Waals surface area contributed by atoms with Crippen molar-refractivity contribution in [2.24, 2.45) is 0 Å². The van der Waals surface area contributed by atoms with E-state index in [0.29, 0.717) is 11.7 Å². The summed E-state index contributed by atoms with van der Waals surface area (Å²) in [6.45, 7) is 2.05. The summed E-state index contributed by atoms with van der Waals surface area (Å²) in [6, 6.07) is 0.642. The molecule has 3 heterocycles. The van der Waals surface area contributed by atoms with Gasteiger partial charge in [0.05, 0.1) is 12.4 Å². The standard InChI is InChI=1S/C10H15N7/c1-2-8(12-4-1)3-5-13-9-6-11-7-10-14-15-16-17(9)10/h6-8,12-13H,1-5H2/t8-/m1/s1. The van der Waals surface area contributed by atoms with Crippen LogP contribution in [0.2, 0.25) is 0 Å². The molecule has 1 atom stereocenters. The van der Waals surface area contributed by atoms with E-state index in [-0.39, 0.29) is 0 Å². The van der Waals surface area contributed by atoms with Gasteiger partial charge in [0.15, 0.2) is 5.65 Å². The molecule has 7 nitrogen and oxygen atoms in total. The molecule has 1 aliphatic heterocycles. The predicted octanol–water partition coefficient (Wildman–Crippen LogP) is 0.0733. The lowest BCUT2D eigenvalue weighted by atomic mass is 10.1. The number of hydrogen-bond acceptors (Lipinski definition) is 6. The third kappa shape index (κ3) is 2.19. The smallest absolute Gasteiger partial charge is 0.199 e. The van der Waals surface area contributed by atoms with Crippen molar-refractivity contribution < 1.29 is 0 Å². The minimum absolute atomic E-state index is 0.642. The molecule has 90 valence electrons. The summed E-state index contributed by atoms with van der Waals surface area (Å²) in [5.41, 5.74) is 0.661. The molecule has 7 heteroatoms. The van der Waals surface area contributed by atoms with E-state index in [1.54, 1.807) is 16.9 Å².